The van der Waals surface area contributed by atoms with Gasteiger partial charge in [0.15, 0.2) is 0 Å². The van der Waals surface area contributed by atoms with Gasteiger partial charge < -0.3 is 5.11 Å². The van der Waals surface area contributed by atoms with E-state index in [1.807, 2.05) is 54.6 Å². The summed E-state index contributed by atoms with van der Waals surface area (Å²) in [5, 5.41) is 18.0. The van der Waals surface area contributed by atoms with Gasteiger partial charge in [-0.25, -0.2) is 4.68 Å². The quantitative estimate of drug-likeness (QED) is 0.721. The Morgan fingerprint density at radius 3 is 2.65 bits per heavy atom. The van der Waals surface area contributed by atoms with E-state index >= 15 is 0 Å². The second kappa shape index (κ2) is 5.55. The van der Waals surface area contributed by atoms with Gasteiger partial charge in [-0.1, -0.05) is 59.5 Å². The van der Waals surface area contributed by atoms with E-state index in [9.17, 15) is 5.11 Å². The number of nitrogens with zero attached hydrogens (tertiary/aromatic N) is 3. The molecule has 3 rings (SSSR count). The Morgan fingerprint density at radius 2 is 1.80 bits per heavy atom. The maximum absolute atomic E-state index is 9.94. The molecule has 20 heavy (non-hydrogen) atoms. The van der Waals surface area contributed by atoms with Crippen molar-refractivity contribution in [2.45, 2.75) is 12.6 Å². The van der Waals surface area contributed by atoms with Gasteiger partial charge in [0.2, 0.25) is 0 Å². The van der Waals surface area contributed by atoms with Crippen molar-refractivity contribution in [3.05, 3.63) is 60.2 Å². The molecule has 0 bridgehead atoms. The van der Waals surface area contributed by atoms with Crippen LogP contribution in [0.5, 0.6) is 0 Å². The minimum atomic E-state index is -0.772. The van der Waals surface area contributed by atoms with Gasteiger partial charge in [0.25, 0.3) is 0 Å². The van der Waals surface area contributed by atoms with Crippen LogP contribution in [0, 0.1) is 11.8 Å². The summed E-state index contributed by atoms with van der Waals surface area (Å²) in [6.07, 6.45) is -0.772. The van der Waals surface area contributed by atoms with Crippen LogP contribution in [0.3, 0.4) is 0 Å². The predicted molar refractivity (Wildman–Crippen MR) is 76.7 cm³/mol. The lowest BCUT2D eigenvalue weighted by molar-refractivity contribution is 0.238. The fourth-order valence-electron chi connectivity index (χ4n) is 1.97. The zero-order valence-corrected chi connectivity index (χ0v) is 10.8. The van der Waals surface area contributed by atoms with Gasteiger partial charge in [-0.3, -0.25) is 0 Å². The average molecular weight is 263 g/mol. The first-order valence-corrected chi connectivity index (χ1v) is 6.34. The lowest BCUT2D eigenvalue weighted by Crippen LogP contribution is -1.99. The third-order valence-electron chi connectivity index (χ3n) is 3.00. The summed E-state index contributed by atoms with van der Waals surface area (Å²) < 4.78 is 1.72. The Hall–Kier alpha value is -2.64. The molecule has 0 fully saturated rings. The molecule has 0 aliphatic rings. The second-order valence-electron chi connectivity index (χ2n) is 4.37. The molecular formula is C16H13N3O. The fraction of sp³-hybridized carbons (Fsp3) is 0.125. The Morgan fingerprint density at radius 1 is 1.05 bits per heavy atom. The third-order valence-corrected chi connectivity index (χ3v) is 3.00. The average Bonchev–Trinajstić information content (AvgIpc) is 2.92. The number of rotatable bonds is 2. The van der Waals surface area contributed by atoms with Gasteiger partial charge in [0.05, 0.1) is 5.52 Å². The van der Waals surface area contributed by atoms with Crippen molar-refractivity contribution in [1.29, 1.82) is 0 Å². The third kappa shape index (κ3) is 2.53. The number of aliphatic hydroxyl groups is 1. The van der Waals surface area contributed by atoms with E-state index < -0.39 is 6.10 Å². The fourth-order valence-corrected chi connectivity index (χ4v) is 1.97. The summed E-state index contributed by atoms with van der Waals surface area (Å²) in [6, 6.07) is 17.1. The number of para-hydroxylation sites is 1. The maximum atomic E-state index is 9.94. The molecule has 1 aromatic heterocycles. The van der Waals surface area contributed by atoms with Gasteiger partial charge in [-0.2, -0.15) is 0 Å². The molecule has 4 heteroatoms. The number of hydrogen-bond acceptors (Lipinski definition) is 3. The molecule has 0 amide bonds. The molecule has 0 radical (unpaired) electrons. The molecule has 4 nitrogen and oxygen atoms in total. The molecule has 1 N–H and O–H groups in total. The summed E-state index contributed by atoms with van der Waals surface area (Å²) in [5.41, 5.74) is 2.58. The van der Waals surface area contributed by atoms with Gasteiger partial charge in [-0.15, -0.1) is 5.10 Å². The molecular weight excluding hydrogens is 250 g/mol. The van der Waals surface area contributed by atoms with Crippen molar-refractivity contribution in [2.75, 3.05) is 0 Å². The number of aliphatic hydroxyl groups excluding tert-OH is 1. The summed E-state index contributed by atoms with van der Waals surface area (Å²) >= 11 is 0. The van der Waals surface area contributed by atoms with Crippen molar-refractivity contribution in [3.63, 3.8) is 0 Å². The van der Waals surface area contributed by atoms with Crippen LogP contribution in [0.1, 0.15) is 11.7 Å². The maximum Gasteiger partial charge on any atom is 0.140 e. The van der Waals surface area contributed by atoms with E-state index in [4.69, 9.17) is 0 Å². The second-order valence-corrected chi connectivity index (χ2v) is 4.37. The summed E-state index contributed by atoms with van der Waals surface area (Å²) in [7, 11) is 0. The molecule has 0 saturated carbocycles. The van der Waals surface area contributed by atoms with Crippen LogP contribution in [0.15, 0.2) is 54.6 Å². The lowest BCUT2D eigenvalue weighted by Gasteiger charge is -2.02. The Balaban J connectivity index is 1.76. The molecule has 1 unspecified atom stereocenters. The number of aromatic nitrogens is 3. The van der Waals surface area contributed by atoms with E-state index in [1.54, 1.807) is 4.68 Å². The molecule has 0 saturated heterocycles. The number of benzene rings is 2. The molecule has 0 aliphatic carbocycles. The van der Waals surface area contributed by atoms with Crippen LogP contribution in [0.25, 0.3) is 11.0 Å². The van der Waals surface area contributed by atoms with Crippen LogP contribution in [0.2, 0.25) is 0 Å². The van der Waals surface area contributed by atoms with Gasteiger partial charge in [0.1, 0.15) is 18.2 Å². The van der Waals surface area contributed by atoms with Crippen molar-refractivity contribution in [2.24, 2.45) is 0 Å². The van der Waals surface area contributed by atoms with Crippen molar-refractivity contribution in [1.82, 2.24) is 15.0 Å². The molecule has 3 aromatic rings. The zero-order valence-electron chi connectivity index (χ0n) is 10.8. The standard InChI is InChI=1S/C16H13N3O/c20-16(13-7-2-1-3-8-13)11-6-12-19-15-10-5-4-9-14(15)17-18-19/h1-5,7-10,16,20H,12H2. The summed E-state index contributed by atoms with van der Waals surface area (Å²) in [4.78, 5) is 0. The van der Waals surface area contributed by atoms with Gasteiger partial charge >= 0.3 is 0 Å². The van der Waals surface area contributed by atoms with Crippen LogP contribution >= 0.6 is 0 Å². The van der Waals surface area contributed by atoms with Crippen molar-refractivity contribution < 1.29 is 5.11 Å². The first-order valence-electron chi connectivity index (χ1n) is 6.34. The van der Waals surface area contributed by atoms with E-state index in [0.717, 1.165) is 16.6 Å². The molecule has 0 spiro atoms. The first kappa shape index (κ1) is 12.4. The van der Waals surface area contributed by atoms with Crippen molar-refractivity contribution >= 4 is 11.0 Å². The predicted octanol–water partition coefficient (Wildman–Crippen LogP) is 2.17. The van der Waals surface area contributed by atoms with Gasteiger partial charge in [-0.05, 0) is 17.7 Å². The summed E-state index contributed by atoms with van der Waals surface area (Å²) in [5.74, 6) is 5.76. The van der Waals surface area contributed by atoms with Crippen LogP contribution in [0.4, 0.5) is 0 Å². The first-order chi connectivity index (χ1) is 9.84. The molecule has 1 heterocycles. The largest absolute Gasteiger partial charge is 0.376 e. The van der Waals surface area contributed by atoms with Crippen LogP contribution < -0.4 is 0 Å². The van der Waals surface area contributed by atoms with Crippen molar-refractivity contribution in [3.8, 4) is 11.8 Å². The Kier molecular flexibility index (Phi) is 3.44. The highest BCUT2D eigenvalue weighted by Gasteiger charge is 2.03. The van der Waals surface area contributed by atoms with E-state index in [-0.39, 0.29) is 0 Å². The minimum Gasteiger partial charge on any atom is -0.376 e. The number of fused-ring (bicyclic) bond motifs is 1. The van der Waals surface area contributed by atoms with Crippen LogP contribution in [-0.2, 0) is 6.54 Å². The number of hydrogen-bond donors (Lipinski definition) is 1. The highest BCUT2D eigenvalue weighted by molar-refractivity contribution is 5.73. The van der Waals surface area contributed by atoms with Crippen LogP contribution in [-0.4, -0.2) is 20.1 Å². The van der Waals surface area contributed by atoms with Gasteiger partial charge in [0, 0.05) is 0 Å². The molecule has 98 valence electrons. The molecule has 0 aliphatic heterocycles. The Bertz CT molecular complexity index is 768. The van der Waals surface area contributed by atoms with E-state index in [2.05, 4.69) is 22.2 Å². The smallest absolute Gasteiger partial charge is 0.140 e. The highest BCUT2D eigenvalue weighted by Crippen LogP contribution is 2.11. The topological polar surface area (TPSA) is 50.9 Å². The zero-order chi connectivity index (χ0) is 13.8. The molecule has 1 atom stereocenters. The highest BCUT2D eigenvalue weighted by atomic mass is 16.3. The lowest BCUT2D eigenvalue weighted by atomic mass is 10.1. The van der Waals surface area contributed by atoms with E-state index in [1.165, 1.54) is 0 Å². The van der Waals surface area contributed by atoms with E-state index in [0.29, 0.717) is 6.54 Å². The normalized spacial score (nSPS) is 11.8. The molecule has 2 aromatic carbocycles. The monoisotopic (exact) mass is 263 g/mol. The Labute approximate surface area is 116 Å². The minimum absolute atomic E-state index is 0.407. The summed E-state index contributed by atoms with van der Waals surface area (Å²) in [6.45, 7) is 0.407. The SMILES string of the molecule is OC(C#CCn1nnc2ccccc21)c1ccccc1.